The van der Waals surface area contributed by atoms with E-state index in [4.69, 9.17) is 0 Å². The summed E-state index contributed by atoms with van der Waals surface area (Å²) in [5.74, 6) is -4.27. The lowest BCUT2D eigenvalue weighted by Gasteiger charge is -2.44. The van der Waals surface area contributed by atoms with Crippen LogP contribution in [0.4, 0.5) is 8.78 Å². The Morgan fingerprint density at radius 3 is 2.47 bits per heavy atom. The molecular formula is C12H21F2NO2. The monoisotopic (exact) mass is 249 g/mol. The molecule has 1 unspecified atom stereocenters. The lowest BCUT2D eigenvalue weighted by atomic mass is 9.71. The molecule has 17 heavy (non-hydrogen) atoms. The molecule has 1 N–H and O–H groups in total. The largest absolute Gasteiger partial charge is 0.481 e. The van der Waals surface area contributed by atoms with E-state index in [-0.39, 0.29) is 18.8 Å². The van der Waals surface area contributed by atoms with Gasteiger partial charge < -0.3 is 10.0 Å². The summed E-state index contributed by atoms with van der Waals surface area (Å²) >= 11 is 0. The normalized spacial score (nSPS) is 29.5. The van der Waals surface area contributed by atoms with Gasteiger partial charge in [-0.05, 0) is 38.8 Å². The summed E-state index contributed by atoms with van der Waals surface area (Å²) in [5, 5.41) is 9.23. The zero-order valence-corrected chi connectivity index (χ0v) is 10.7. The third-order valence-electron chi connectivity index (χ3n) is 3.65. The quantitative estimate of drug-likeness (QED) is 0.832. The van der Waals surface area contributed by atoms with Crippen LogP contribution in [-0.4, -0.2) is 42.0 Å². The van der Waals surface area contributed by atoms with Crippen molar-refractivity contribution in [2.24, 2.45) is 11.3 Å². The molecule has 1 heterocycles. The number of carbonyl (C=O) groups is 1. The number of halogens is 2. The zero-order chi connectivity index (χ0) is 13.3. The fraction of sp³-hybridized carbons (Fsp3) is 0.917. The van der Waals surface area contributed by atoms with E-state index in [1.807, 2.05) is 13.8 Å². The van der Waals surface area contributed by atoms with Crippen molar-refractivity contribution < 1.29 is 18.7 Å². The first kappa shape index (κ1) is 14.4. The maximum atomic E-state index is 14.1. The molecule has 1 rings (SSSR count). The third kappa shape index (κ3) is 2.76. The van der Waals surface area contributed by atoms with Gasteiger partial charge >= 0.3 is 5.97 Å². The third-order valence-corrected chi connectivity index (χ3v) is 3.65. The van der Waals surface area contributed by atoms with E-state index in [2.05, 4.69) is 0 Å². The summed E-state index contributed by atoms with van der Waals surface area (Å²) < 4.78 is 28.1. The van der Waals surface area contributed by atoms with E-state index in [9.17, 15) is 18.7 Å². The predicted molar refractivity (Wildman–Crippen MR) is 61.2 cm³/mol. The van der Waals surface area contributed by atoms with Crippen LogP contribution < -0.4 is 0 Å². The molecule has 1 atom stereocenters. The first-order valence-corrected chi connectivity index (χ1v) is 6.01. The highest BCUT2D eigenvalue weighted by molar-refractivity contribution is 5.76. The number of hydrogen-bond acceptors (Lipinski definition) is 2. The minimum Gasteiger partial charge on any atom is -0.481 e. The molecule has 3 nitrogen and oxygen atoms in total. The molecule has 0 aromatic rings. The average Bonchev–Trinajstić information content (AvgIpc) is 2.14. The van der Waals surface area contributed by atoms with Gasteiger partial charge in [-0.2, -0.15) is 0 Å². The molecule has 0 aromatic carbocycles. The van der Waals surface area contributed by atoms with Crippen LogP contribution in [0, 0.1) is 11.3 Å². The highest BCUT2D eigenvalue weighted by atomic mass is 19.3. The number of nitrogens with zero attached hydrogens (tertiary/aromatic N) is 1. The number of rotatable bonds is 4. The number of carboxylic acids is 1. The Kier molecular flexibility index (Phi) is 4.12. The van der Waals surface area contributed by atoms with Gasteiger partial charge in [-0.1, -0.05) is 13.8 Å². The van der Waals surface area contributed by atoms with Crippen molar-refractivity contribution in [2.75, 3.05) is 20.1 Å². The first-order valence-electron chi connectivity index (χ1n) is 6.01. The van der Waals surface area contributed by atoms with Gasteiger partial charge in [0.2, 0.25) is 0 Å². The maximum Gasteiger partial charge on any atom is 0.315 e. The van der Waals surface area contributed by atoms with Gasteiger partial charge in [-0.3, -0.25) is 4.79 Å². The molecule has 1 aliphatic rings. The molecule has 1 saturated heterocycles. The maximum absolute atomic E-state index is 14.1. The molecule has 1 fully saturated rings. The van der Waals surface area contributed by atoms with Gasteiger partial charge in [-0.25, -0.2) is 8.78 Å². The standard InChI is InChI=1S/C12H21F2NO2/c1-9(2)4-5-11(10(16)17)6-7-15(3)8-12(11,13)14/h9H,4-8H2,1-3H3,(H,16,17). The second kappa shape index (κ2) is 4.88. The van der Waals surface area contributed by atoms with Crippen LogP contribution in [0.15, 0.2) is 0 Å². The smallest absolute Gasteiger partial charge is 0.315 e. The van der Waals surface area contributed by atoms with E-state index >= 15 is 0 Å². The Labute approximate surface area is 101 Å². The van der Waals surface area contributed by atoms with E-state index in [0.29, 0.717) is 13.0 Å². The number of carboxylic acid groups (broad SMARTS) is 1. The van der Waals surface area contributed by atoms with Crippen molar-refractivity contribution in [3.8, 4) is 0 Å². The molecule has 0 amide bonds. The summed E-state index contributed by atoms with van der Waals surface area (Å²) in [5.41, 5.74) is -1.87. The second-order valence-electron chi connectivity index (χ2n) is 5.51. The van der Waals surface area contributed by atoms with Gasteiger partial charge in [0.1, 0.15) is 5.41 Å². The van der Waals surface area contributed by atoms with Crippen molar-refractivity contribution >= 4 is 5.97 Å². The van der Waals surface area contributed by atoms with Crippen LogP contribution in [0.2, 0.25) is 0 Å². The van der Waals surface area contributed by atoms with Gasteiger partial charge in [-0.15, -0.1) is 0 Å². The molecule has 100 valence electrons. The lowest BCUT2D eigenvalue weighted by molar-refractivity contribution is -0.198. The number of alkyl halides is 2. The number of likely N-dealkylation sites (tertiary alicyclic amines) is 1. The summed E-state index contributed by atoms with van der Waals surface area (Å²) in [6.45, 7) is 3.79. The molecule has 0 bridgehead atoms. The minimum absolute atomic E-state index is 0.0263. The summed E-state index contributed by atoms with van der Waals surface area (Å²) in [6, 6.07) is 0. The Hall–Kier alpha value is -0.710. The van der Waals surface area contributed by atoms with Crippen molar-refractivity contribution in [3.63, 3.8) is 0 Å². The van der Waals surface area contributed by atoms with Gasteiger partial charge in [0.25, 0.3) is 5.92 Å². The molecule has 0 saturated carbocycles. The van der Waals surface area contributed by atoms with Gasteiger partial charge in [0, 0.05) is 0 Å². The number of piperidine rings is 1. The Bertz CT molecular complexity index is 294. The number of aliphatic carboxylic acids is 1. The summed E-state index contributed by atoms with van der Waals surface area (Å²) in [7, 11) is 1.60. The molecule has 0 spiro atoms. The van der Waals surface area contributed by atoms with E-state index in [0.717, 1.165) is 0 Å². The van der Waals surface area contributed by atoms with Crippen molar-refractivity contribution in [3.05, 3.63) is 0 Å². The topological polar surface area (TPSA) is 40.5 Å². The SMILES string of the molecule is CC(C)CCC1(C(=O)O)CCN(C)CC1(F)F. The van der Waals surface area contributed by atoms with Crippen LogP contribution >= 0.6 is 0 Å². The van der Waals surface area contributed by atoms with Crippen LogP contribution in [0.25, 0.3) is 0 Å². The highest BCUT2D eigenvalue weighted by Crippen LogP contribution is 2.47. The molecule has 0 radical (unpaired) electrons. The Balaban J connectivity index is 2.93. The predicted octanol–water partition coefficient (Wildman–Crippen LogP) is 2.46. The molecule has 0 aromatic heterocycles. The second-order valence-corrected chi connectivity index (χ2v) is 5.51. The Morgan fingerprint density at radius 1 is 1.47 bits per heavy atom. The fourth-order valence-corrected chi connectivity index (χ4v) is 2.35. The average molecular weight is 249 g/mol. The molecular weight excluding hydrogens is 228 g/mol. The molecule has 1 aliphatic heterocycles. The van der Waals surface area contributed by atoms with Crippen LogP contribution in [0.3, 0.4) is 0 Å². The molecule has 0 aliphatic carbocycles. The number of hydrogen-bond donors (Lipinski definition) is 1. The van der Waals surface area contributed by atoms with Crippen molar-refractivity contribution in [1.29, 1.82) is 0 Å². The van der Waals surface area contributed by atoms with Crippen LogP contribution in [-0.2, 0) is 4.79 Å². The van der Waals surface area contributed by atoms with E-state index in [1.54, 1.807) is 7.05 Å². The Morgan fingerprint density at radius 2 is 2.06 bits per heavy atom. The first-order chi connectivity index (χ1) is 7.71. The van der Waals surface area contributed by atoms with Gasteiger partial charge in [0.15, 0.2) is 0 Å². The zero-order valence-electron chi connectivity index (χ0n) is 10.7. The minimum atomic E-state index is -3.15. The summed E-state index contributed by atoms with van der Waals surface area (Å²) in [4.78, 5) is 12.8. The van der Waals surface area contributed by atoms with Crippen LogP contribution in [0.1, 0.15) is 33.1 Å². The van der Waals surface area contributed by atoms with E-state index in [1.165, 1.54) is 4.90 Å². The van der Waals surface area contributed by atoms with Gasteiger partial charge in [0.05, 0.1) is 6.54 Å². The van der Waals surface area contributed by atoms with Crippen molar-refractivity contribution in [2.45, 2.75) is 39.0 Å². The fourth-order valence-electron chi connectivity index (χ4n) is 2.35. The highest BCUT2D eigenvalue weighted by Gasteiger charge is 2.60. The van der Waals surface area contributed by atoms with E-state index < -0.39 is 23.9 Å². The van der Waals surface area contributed by atoms with Crippen LogP contribution in [0.5, 0.6) is 0 Å². The summed E-state index contributed by atoms with van der Waals surface area (Å²) in [6.07, 6.45) is 0.602. The lowest BCUT2D eigenvalue weighted by Crippen LogP contribution is -2.58. The van der Waals surface area contributed by atoms with Crippen molar-refractivity contribution in [1.82, 2.24) is 4.90 Å². The molecule has 5 heteroatoms.